The van der Waals surface area contributed by atoms with Crippen LogP contribution in [0.15, 0.2) is 0 Å². The van der Waals surface area contributed by atoms with Crippen molar-refractivity contribution < 1.29 is 19.4 Å². The largest absolute Gasteiger partial charge is 0.459 e. The number of fused-ring (bicyclic) bond motifs is 1. The number of halogens is 1. The fourth-order valence-corrected chi connectivity index (χ4v) is 3.62. The van der Waals surface area contributed by atoms with Gasteiger partial charge in [0.05, 0.1) is 18.6 Å². The van der Waals surface area contributed by atoms with Crippen LogP contribution in [0.5, 0.6) is 0 Å². The maximum atomic E-state index is 12.3. The Balaban J connectivity index is 2.47. The van der Waals surface area contributed by atoms with Crippen LogP contribution in [0.1, 0.15) is 22.2 Å². The Labute approximate surface area is 149 Å². The van der Waals surface area contributed by atoms with Gasteiger partial charge < -0.3 is 19.5 Å². The molecular formula is C15H20ClN3O4S. The monoisotopic (exact) mass is 373 g/mol. The van der Waals surface area contributed by atoms with Crippen LogP contribution in [0, 0.1) is 6.92 Å². The first-order valence-corrected chi connectivity index (χ1v) is 8.71. The first-order valence-electron chi connectivity index (χ1n) is 7.51. The molecule has 24 heavy (non-hydrogen) atoms. The standard InChI is InChI=1S/C15H20ClN3O4S/c1-4-19(5-6-20)12-10-9(2)11(14(21)23-8-7-22-3)24-13(10)18-15(16)17-12/h20H,4-8H2,1-3H3. The molecule has 0 saturated carbocycles. The summed E-state index contributed by atoms with van der Waals surface area (Å²) in [6.45, 7) is 5.37. The average Bonchev–Trinajstić information content (AvgIpc) is 2.88. The zero-order valence-corrected chi connectivity index (χ0v) is 15.4. The van der Waals surface area contributed by atoms with Gasteiger partial charge in [-0.15, -0.1) is 11.3 Å². The van der Waals surface area contributed by atoms with Crippen molar-refractivity contribution in [1.29, 1.82) is 0 Å². The molecule has 1 N–H and O–H groups in total. The van der Waals surface area contributed by atoms with Gasteiger partial charge in [0.25, 0.3) is 0 Å². The number of aliphatic hydroxyl groups excluding tert-OH is 1. The quantitative estimate of drug-likeness (QED) is 0.431. The molecule has 0 unspecified atom stereocenters. The molecule has 0 aromatic carbocycles. The molecule has 9 heteroatoms. The van der Waals surface area contributed by atoms with E-state index in [-0.39, 0.29) is 18.5 Å². The highest BCUT2D eigenvalue weighted by molar-refractivity contribution is 7.20. The van der Waals surface area contributed by atoms with Crippen LogP contribution < -0.4 is 4.90 Å². The van der Waals surface area contributed by atoms with Crippen molar-refractivity contribution in [2.24, 2.45) is 0 Å². The topological polar surface area (TPSA) is 84.8 Å². The third kappa shape index (κ3) is 3.94. The number of anilines is 1. The Kier molecular flexibility index (Phi) is 6.73. The van der Waals surface area contributed by atoms with Gasteiger partial charge in [0.1, 0.15) is 22.1 Å². The molecule has 0 spiro atoms. The minimum Gasteiger partial charge on any atom is -0.459 e. The van der Waals surface area contributed by atoms with Gasteiger partial charge in [0, 0.05) is 20.2 Å². The smallest absolute Gasteiger partial charge is 0.348 e. The molecular weight excluding hydrogens is 354 g/mol. The lowest BCUT2D eigenvalue weighted by Crippen LogP contribution is -2.27. The molecule has 7 nitrogen and oxygen atoms in total. The molecule has 2 rings (SSSR count). The minimum absolute atomic E-state index is 0.00788. The van der Waals surface area contributed by atoms with Crippen molar-refractivity contribution >= 4 is 44.9 Å². The third-order valence-electron chi connectivity index (χ3n) is 3.50. The fourth-order valence-electron chi connectivity index (χ4n) is 2.33. The first-order chi connectivity index (χ1) is 11.5. The van der Waals surface area contributed by atoms with Crippen molar-refractivity contribution in [3.63, 3.8) is 0 Å². The van der Waals surface area contributed by atoms with Crippen molar-refractivity contribution in [1.82, 2.24) is 9.97 Å². The van der Waals surface area contributed by atoms with Gasteiger partial charge in [-0.1, -0.05) is 0 Å². The maximum Gasteiger partial charge on any atom is 0.348 e. The number of carbonyl (C=O) groups is 1. The van der Waals surface area contributed by atoms with E-state index in [2.05, 4.69) is 9.97 Å². The molecule has 0 radical (unpaired) electrons. The number of esters is 1. The summed E-state index contributed by atoms with van der Waals surface area (Å²) in [5, 5.41) is 10.1. The van der Waals surface area contributed by atoms with Crippen LogP contribution in [0.25, 0.3) is 10.2 Å². The molecule has 2 heterocycles. The molecule has 0 amide bonds. The highest BCUT2D eigenvalue weighted by atomic mass is 35.5. The molecule has 0 fully saturated rings. The molecule has 132 valence electrons. The number of aryl methyl sites for hydroxylation is 1. The number of carbonyl (C=O) groups excluding carboxylic acids is 1. The summed E-state index contributed by atoms with van der Waals surface area (Å²) < 4.78 is 10.1. The Bertz CT molecular complexity index is 722. The normalized spacial score (nSPS) is 11.0. The molecule has 0 aliphatic heterocycles. The second-order valence-corrected chi connectivity index (χ2v) is 6.32. The van der Waals surface area contributed by atoms with E-state index in [0.29, 0.717) is 35.2 Å². The van der Waals surface area contributed by atoms with Gasteiger partial charge in [0.2, 0.25) is 5.28 Å². The summed E-state index contributed by atoms with van der Waals surface area (Å²) >= 11 is 7.26. The number of hydrogen-bond donors (Lipinski definition) is 1. The molecule has 2 aromatic rings. The van der Waals surface area contributed by atoms with Crippen LogP contribution >= 0.6 is 22.9 Å². The van der Waals surface area contributed by atoms with Crippen LogP contribution in [0.3, 0.4) is 0 Å². The van der Waals surface area contributed by atoms with Crippen molar-refractivity contribution in [3.8, 4) is 0 Å². The van der Waals surface area contributed by atoms with Gasteiger partial charge in [-0.25, -0.2) is 9.78 Å². The van der Waals surface area contributed by atoms with Gasteiger partial charge in [0.15, 0.2) is 0 Å². The number of aromatic nitrogens is 2. The second kappa shape index (κ2) is 8.57. The van der Waals surface area contributed by atoms with E-state index in [0.717, 1.165) is 10.9 Å². The number of likely N-dealkylation sites (N-methyl/N-ethyl adjacent to an activating group) is 1. The zero-order chi connectivity index (χ0) is 17.7. The Morgan fingerprint density at radius 2 is 2.12 bits per heavy atom. The van der Waals surface area contributed by atoms with Crippen LogP contribution in [-0.4, -0.2) is 61.1 Å². The number of thiophene rings is 1. The summed E-state index contributed by atoms with van der Waals surface area (Å²) in [6.07, 6.45) is 0. The highest BCUT2D eigenvalue weighted by Crippen LogP contribution is 2.36. The molecule has 0 bridgehead atoms. The number of ether oxygens (including phenoxy) is 2. The predicted molar refractivity (Wildman–Crippen MR) is 94.3 cm³/mol. The summed E-state index contributed by atoms with van der Waals surface area (Å²) in [5.41, 5.74) is 0.750. The van der Waals surface area contributed by atoms with E-state index < -0.39 is 5.97 Å². The summed E-state index contributed by atoms with van der Waals surface area (Å²) in [5.74, 6) is 0.200. The van der Waals surface area contributed by atoms with E-state index in [4.69, 9.17) is 21.1 Å². The summed E-state index contributed by atoms with van der Waals surface area (Å²) in [6, 6.07) is 0. The van der Waals surface area contributed by atoms with Crippen molar-refractivity contribution in [3.05, 3.63) is 15.7 Å². The third-order valence-corrected chi connectivity index (χ3v) is 4.84. The lowest BCUT2D eigenvalue weighted by Gasteiger charge is -2.21. The van der Waals surface area contributed by atoms with E-state index in [9.17, 15) is 9.90 Å². The second-order valence-electron chi connectivity index (χ2n) is 4.98. The van der Waals surface area contributed by atoms with Crippen molar-refractivity contribution in [2.45, 2.75) is 13.8 Å². The summed E-state index contributed by atoms with van der Waals surface area (Å²) in [7, 11) is 1.54. The molecule has 0 aliphatic carbocycles. The van der Waals surface area contributed by atoms with Crippen LogP contribution in [0.2, 0.25) is 5.28 Å². The van der Waals surface area contributed by atoms with E-state index in [1.54, 1.807) is 7.11 Å². The van der Waals surface area contributed by atoms with Gasteiger partial charge in [-0.05, 0) is 31.0 Å². The maximum absolute atomic E-state index is 12.3. The SMILES string of the molecule is CCN(CCO)c1nc(Cl)nc2sc(C(=O)OCCOC)c(C)c12. The Hall–Kier alpha value is -1.48. The van der Waals surface area contributed by atoms with Gasteiger partial charge in [-0.2, -0.15) is 4.98 Å². The van der Waals surface area contributed by atoms with E-state index in [1.807, 2.05) is 18.7 Å². The number of methoxy groups -OCH3 is 1. The zero-order valence-electron chi connectivity index (χ0n) is 13.8. The highest BCUT2D eigenvalue weighted by Gasteiger charge is 2.23. The van der Waals surface area contributed by atoms with Crippen molar-refractivity contribution in [2.75, 3.05) is 44.9 Å². The fraction of sp³-hybridized carbons (Fsp3) is 0.533. The van der Waals surface area contributed by atoms with E-state index >= 15 is 0 Å². The van der Waals surface area contributed by atoms with Gasteiger partial charge >= 0.3 is 5.97 Å². The molecule has 0 atom stereocenters. The first kappa shape index (κ1) is 18.9. The van der Waals surface area contributed by atoms with Gasteiger partial charge in [-0.3, -0.25) is 0 Å². The number of nitrogens with zero attached hydrogens (tertiary/aromatic N) is 3. The molecule has 0 saturated heterocycles. The number of hydrogen-bond acceptors (Lipinski definition) is 8. The Morgan fingerprint density at radius 3 is 2.75 bits per heavy atom. The summed E-state index contributed by atoms with van der Waals surface area (Å²) in [4.78, 5) is 23.8. The lowest BCUT2D eigenvalue weighted by atomic mass is 10.2. The molecule has 0 aliphatic rings. The lowest BCUT2D eigenvalue weighted by molar-refractivity contribution is 0.0393. The van der Waals surface area contributed by atoms with Crippen LogP contribution in [-0.2, 0) is 9.47 Å². The van der Waals surface area contributed by atoms with E-state index in [1.165, 1.54) is 11.3 Å². The minimum atomic E-state index is -0.417. The number of aliphatic hydroxyl groups is 1. The predicted octanol–water partition coefficient (Wildman–Crippen LogP) is 2.27. The average molecular weight is 374 g/mol. The Morgan fingerprint density at radius 1 is 1.38 bits per heavy atom. The molecule has 2 aromatic heterocycles. The van der Waals surface area contributed by atoms with Crippen LogP contribution in [0.4, 0.5) is 5.82 Å². The number of rotatable bonds is 8.